The zero-order valence-electron chi connectivity index (χ0n) is 8.34. The highest BCUT2D eigenvalue weighted by Gasteiger charge is 1.98. The summed E-state index contributed by atoms with van der Waals surface area (Å²) in [7, 11) is 1.39. The molecule has 2 N–H and O–H groups in total. The van der Waals surface area contributed by atoms with Crippen molar-refractivity contribution in [1.82, 2.24) is 0 Å². The maximum Gasteiger partial charge on any atom is 0.221 e. The lowest BCUT2D eigenvalue weighted by Gasteiger charge is -1.98. The van der Waals surface area contributed by atoms with Gasteiger partial charge in [-0.25, -0.2) is 4.99 Å². The van der Waals surface area contributed by atoms with Crippen molar-refractivity contribution in [2.24, 2.45) is 10.7 Å². The summed E-state index contributed by atoms with van der Waals surface area (Å²) in [6, 6.07) is 11.3. The number of nitrogens with two attached hydrogens (primary N) is 1. The zero-order valence-corrected chi connectivity index (χ0v) is 8.34. The lowest BCUT2D eigenvalue weighted by molar-refractivity contribution is 0.284. The molecular weight excluding hydrogens is 190 g/mol. The predicted octanol–water partition coefficient (Wildman–Crippen LogP) is 1.40. The minimum Gasteiger partial charge on any atom is -0.481 e. The molecule has 0 aromatic heterocycles. The number of ether oxygens (including phenoxy) is 1. The van der Waals surface area contributed by atoms with E-state index in [4.69, 9.17) is 15.7 Å². The highest BCUT2D eigenvalue weighted by atomic mass is 16.5. The molecule has 1 aromatic rings. The van der Waals surface area contributed by atoms with Gasteiger partial charge in [0, 0.05) is 6.21 Å². The van der Waals surface area contributed by atoms with Crippen LogP contribution in [0.25, 0.3) is 0 Å². The molecule has 0 saturated heterocycles. The molecule has 4 nitrogen and oxygen atoms in total. The van der Waals surface area contributed by atoms with Crippen LogP contribution in [0.5, 0.6) is 0 Å². The van der Waals surface area contributed by atoms with Gasteiger partial charge in [0.25, 0.3) is 0 Å². The van der Waals surface area contributed by atoms with Gasteiger partial charge in [0.05, 0.1) is 7.11 Å². The van der Waals surface area contributed by atoms with Gasteiger partial charge < -0.3 is 10.5 Å². The first-order valence-corrected chi connectivity index (χ1v) is 4.31. The average molecular weight is 201 g/mol. The van der Waals surface area contributed by atoms with E-state index in [1.165, 1.54) is 7.11 Å². The van der Waals surface area contributed by atoms with Crippen molar-refractivity contribution in [3.05, 3.63) is 47.5 Å². The second kappa shape index (κ2) is 5.45. The minimum absolute atomic E-state index is 0.0182. The first-order chi connectivity index (χ1) is 7.27. The van der Waals surface area contributed by atoms with E-state index in [0.717, 1.165) is 5.56 Å². The Balaban J connectivity index is 2.87. The van der Waals surface area contributed by atoms with Gasteiger partial charge in [0.15, 0.2) is 5.70 Å². The summed E-state index contributed by atoms with van der Waals surface area (Å²) in [5, 5.41) is 8.72. The minimum atomic E-state index is 0.0182. The SMILES string of the molecule is CO/C(N)=C(/C#N)N=Cc1ccccc1. The van der Waals surface area contributed by atoms with Crippen molar-refractivity contribution in [3.63, 3.8) is 0 Å². The molecule has 76 valence electrons. The Morgan fingerprint density at radius 3 is 2.67 bits per heavy atom. The molecule has 0 bridgehead atoms. The van der Waals surface area contributed by atoms with Crippen LogP contribution in [-0.4, -0.2) is 13.3 Å². The van der Waals surface area contributed by atoms with Crippen LogP contribution >= 0.6 is 0 Å². The number of hydrogen-bond donors (Lipinski definition) is 1. The van der Waals surface area contributed by atoms with Crippen molar-refractivity contribution < 1.29 is 4.74 Å². The Morgan fingerprint density at radius 2 is 2.13 bits per heavy atom. The highest BCUT2D eigenvalue weighted by Crippen LogP contribution is 2.01. The molecule has 0 heterocycles. The summed E-state index contributed by atoms with van der Waals surface area (Å²) in [4.78, 5) is 3.93. The second-order valence-electron chi connectivity index (χ2n) is 2.70. The predicted molar refractivity (Wildman–Crippen MR) is 57.9 cm³/mol. The molecule has 1 rings (SSSR count). The van der Waals surface area contributed by atoms with E-state index in [0.29, 0.717) is 0 Å². The molecule has 0 fully saturated rings. The van der Waals surface area contributed by atoms with Gasteiger partial charge in [-0.05, 0) is 5.56 Å². The highest BCUT2D eigenvalue weighted by molar-refractivity contribution is 5.80. The monoisotopic (exact) mass is 201 g/mol. The van der Waals surface area contributed by atoms with Crippen LogP contribution in [-0.2, 0) is 4.74 Å². The van der Waals surface area contributed by atoms with Gasteiger partial charge >= 0.3 is 0 Å². The van der Waals surface area contributed by atoms with Crippen molar-refractivity contribution >= 4 is 6.21 Å². The van der Waals surface area contributed by atoms with Gasteiger partial charge in [-0.1, -0.05) is 30.3 Å². The number of rotatable bonds is 3. The number of allylic oxidation sites excluding steroid dienone is 1. The van der Waals surface area contributed by atoms with E-state index in [9.17, 15) is 0 Å². The van der Waals surface area contributed by atoms with E-state index >= 15 is 0 Å². The fourth-order valence-electron chi connectivity index (χ4n) is 0.922. The topological polar surface area (TPSA) is 71.4 Å². The molecule has 0 spiro atoms. The molecule has 0 saturated carbocycles. The van der Waals surface area contributed by atoms with Gasteiger partial charge in [-0.2, -0.15) is 5.26 Å². The third-order valence-corrected chi connectivity index (χ3v) is 1.70. The third-order valence-electron chi connectivity index (χ3n) is 1.70. The molecule has 4 heteroatoms. The quantitative estimate of drug-likeness (QED) is 0.456. The number of hydrogen-bond acceptors (Lipinski definition) is 4. The van der Waals surface area contributed by atoms with Crippen LogP contribution < -0.4 is 5.73 Å². The zero-order chi connectivity index (χ0) is 11.1. The number of nitrogens with zero attached hydrogens (tertiary/aromatic N) is 2. The van der Waals surface area contributed by atoms with Crippen LogP contribution in [0.15, 0.2) is 46.9 Å². The standard InChI is InChI=1S/C11H11N3O/c1-15-11(13)10(7-12)14-8-9-5-3-2-4-6-9/h2-6,8H,13H2,1H3/b11-10-,14-8?. The summed E-state index contributed by atoms with van der Waals surface area (Å²) in [6.07, 6.45) is 1.56. The Morgan fingerprint density at radius 1 is 1.47 bits per heavy atom. The van der Waals surface area contributed by atoms with Gasteiger partial charge in [-0.3, -0.25) is 0 Å². The first-order valence-electron chi connectivity index (χ1n) is 4.31. The van der Waals surface area contributed by atoms with Gasteiger partial charge in [0.2, 0.25) is 5.88 Å². The second-order valence-corrected chi connectivity index (χ2v) is 2.70. The van der Waals surface area contributed by atoms with Crippen LogP contribution in [0, 0.1) is 11.3 Å². The Labute approximate surface area is 88.3 Å². The number of benzene rings is 1. The maximum atomic E-state index is 8.72. The summed E-state index contributed by atoms with van der Waals surface area (Å²) in [6.45, 7) is 0. The third kappa shape index (κ3) is 3.16. The number of nitriles is 1. The molecule has 0 aliphatic heterocycles. The lowest BCUT2D eigenvalue weighted by Crippen LogP contribution is -2.02. The van der Waals surface area contributed by atoms with Crippen LogP contribution in [0.1, 0.15) is 5.56 Å². The summed E-state index contributed by atoms with van der Waals surface area (Å²) in [5.74, 6) is 0.0182. The number of aliphatic imine (C=N–C) groups is 1. The largest absolute Gasteiger partial charge is 0.481 e. The van der Waals surface area contributed by atoms with Gasteiger partial charge in [-0.15, -0.1) is 0 Å². The first kappa shape index (κ1) is 10.8. The van der Waals surface area contributed by atoms with Crippen molar-refractivity contribution in [3.8, 4) is 6.07 Å². The average Bonchev–Trinajstić information content (AvgIpc) is 2.31. The fourth-order valence-corrected chi connectivity index (χ4v) is 0.922. The summed E-state index contributed by atoms with van der Waals surface area (Å²) >= 11 is 0. The molecule has 0 aliphatic rings. The van der Waals surface area contributed by atoms with Crippen molar-refractivity contribution in [1.29, 1.82) is 5.26 Å². The van der Waals surface area contributed by atoms with E-state index in [1.54, 1.807) is 6.21 Å². The molecule has 0 radical (unpaired) electrons. The maximum absolute atomic E-state index is 8.72. The van der Waals surface area contributed by atoms with Crippen molar-refractivity contribution in [2.45, 2.75) is 0 Å². The molecule has 0 aliphatic carbocycles. The normalized spacial score (nSPS) is 12.0. The van der Waals surface area contributed by atoms with E-state index in [2.05, 4.69) is 4.99 Å². The molecule has 15 heavy (non-hydrogen) atoms. The van der Waals surface area contributed by atoms with Gasteiger partial charge in [0.1, 0.15) is 6.07 Å². The molecular formula is C11H11N3O. The summed E-state index contributed by atoms with van der Waals surface area (Å²) in [5.41, 5.74) is 6.38. The Hall–Kier alpha value is -2.28. The molecule has 0 atom stereocenters. The Kier molecular flexibility index (Phi) is 3.92. The summed E-state index contributed by atoms with van der Waals surface area (Å²) < 4.78 is 4.71. The van der Waals surface area contributed by atoms with E-state index < -0.39 is 0 Å². The molecule has 0 amide bonds. The van der Waals surface area contributed by atoms with Crippen LogP contribution in [0.2, 0.25) is 0 Å². The smallest absolute Gasteiger partial charge is 0.221 e. The number of methoxy groups -OCH3 is 1. The van der Waals surface area contributed by atoms with Crippen LogP contribution in [0.4, 0.5) is 0 Å². The lowest BCUT2D eigenvalue weighted by atomic mass is 10.2. The Bertz CT molecular complexity index is 415. The van der Waals surface area contributed by atoms with E-state index in [-0.39, 0.29) is 11.6 Å². The van der Waals surface area contributed by atoms with Crippen LogP contribution in [0.3, 0.4) is 0 Å². The van der Waals surface area contributed by atoms with Crippen molar-refractivity contribution in [2.75, 3.05) is 7.11 Å². The fraction of sp³-hybridized carbons (Fsp3) is 0.0909. The van der Waals surface area contributed by atoms with E-state index in [1.807, 2.05) is 36.4 Å². The molecule has 1 aromatic carbocycles. The molecule has 0 unspecified atom stereocenters.